The van der Waals surface area contributed by atoms with Crippen LogP contribution < -0.4 is 4.90 Å². The molecule has 3 rings (SSSR count). The number of hydrogen-bond acceptors (Lipinski definition) is 6. The first-order chi connectivity index (χ1) is 16.4. The molecule has 9 heteroatoms. The second-order valence-electron chi connectivity index (χ2n) is 8.88. The average Bonchev–Trinajstić information content (AvgIpc) is 3.08. The predicted octanol–water partition coefficient (Wildman–Crippen LogP) is 3.36. The molecule has 184 valence electrons. The van der Waals surface area contributed by atoms with E-state index < -0.39 is 0 Å². The molecule has 0 atom stereocenters. The van der Waals surface area contributed by atoms with E-state index in [4.69, 9.17) is 16.3 Å². The van der Waals surface area contributed by atoms with Crippen LogP contribution in [-0.4, -0.2) is 84.8 Å². The largest absolute Gasteiger partial charge is 0.383 e. The van der Waals surface area contributed by atoms with Crippen molar-refractivity contribution in [3.05, 3.63) is 41.4 Å². The molecule has 1 aromatic carbocycles. The predicted molar refractivity (Wildman–Crippen MR) is 134 cm³/mol. The monoisotopic (exact) mass is 487 g/mol. The van der Waals surface area contributed by atoms with Crippen LogP contribution >= 0.6 is 11.6 Å². The topological polar surface area (TPSA) is 78.9 Å². The van der Waals surface area contributed by atoms with Crippen molar-refractivity contribution in [2.45, 2.75) is 26.7 Å². The summed E-state index contributed by atoms with van der Waals surface area (Å²) in [5.74, 6) is 0.977. The van der Waals surface area contributed by atoms with Gasteiger partial charge in [-0.3, -0.25) is 9.59 Å². The van der Waals surface area contributed by atoms with Gasteiger partial charge in [-0.2, -0.15) is 0 Å². The molecule has 0 aliphatic carbocycles. The van der Waals surface area contributed by atoms with Gasteiger partial charge in [0, 0.05) is 51.8 Å². The highest BCUT2D eigenvalue weighted by Crippen LogP contribution is 2.26. The van der Waals surface area contributed by atoms with Crippen molar-refractivity contribution in [1.82, 2.24) is 20.0 Å². The van der Waals surface area contributed by atoms with Crippen LogP contribution in [0.25, 0.3) is 11.3 Å². The van der Waals surface area contributed by atoms with Crippen LogP contribution in [0.4, 0.5) is 5.82 Å². The summed E-state index contributed by atoms with van der Waals surface area (Å²) in [6.45, 7) is 7.58. The van der Waals surface area contributed by atoms with Gasteiger partial charge in [-0.1, -0.05) is 43.6 Å². The zero-order valence-corrected chi connectivity index (χ0v) is 21.0. The van der Waals surface area contributed by atoms with Crippen molar-refractivity contribution in [3.8, 4) is 11.3 Å². The van der Waals surface area contributed by atoms with Gasteiger partial charge in [0.1, 0.15) is 0 Å². The molecule has 1 fully saturated rings. The minimum atomic E-state index is -0.0322. The molecule has 0 N–H and O–H groups in total. The van der Waals surface area contributed by atoms with Gasteiger partial charge in [-0.15, -0.1) is 10.2 Å². The summed E-state index contributed by atoms with van der Waals surface area (Å²) in [7, 11) is 1.60. The molecule has 1 aliphatic heterocycles. The summed E-state index contributed by atoms with van der Waals surface area (Å²) in [5, 5.41) is 9.42. The number of nitrogens with zero attached hydrogens (tertiary/aromatic N) is 5. The molecule has 1 aliphatic rings. The second kappa shape index (κ2) is 12.7. The van der Waals surface area contributed by atoms with Crippen molar-refractivity contribution in [2.75, 3.05) is 57.9 Å². The highest BCUT2D eigenvalue weighted by Gasteiger charge is 2.24. The van der Waals surface area contributed by atoms with Crippen LogP contribution in [0.5, 0.6) is 0 Å². The lowest BCUT2D eigenvalue weighted by atomic mass is 10.1. The van der Waals surface area contributed by atoms with Crippen LogP contribution in [0, 0.1) is 5.92 Å². The molecular weight excluding hydrogens is 454 g/mol. The Labute approximate surface area is 206 Å². The molecule has 0 saturated carbocycles. The van der Waals surface area contributed by atoms with E-state index in [1.807, 2.05) is 55.1 Å². The summed E-state index contributed by atoms with van der Waals surface area (Å²) in [6, 6.07) is 11.4. The van der Waals surface area contributed by atoms with Crippen LogP contribution in [0.15, 0.2) is 36.4 Å². The molecule has 2 aromatic rings. The van der Waals surface area contributed by atoms with E-state index in [1.54, 1.807) is 12.0 Å². The number of halogens is 1. The van der Waals surface area contributed by atoms with E-state index in [2.05, 4.69) is 15.1 Å². The molecule has 0 spiro atoms. The second-order valence-corrected chi connectivity index (χ2v) is 9.29. The Morgan fingerprint density at radius 1 is 1.09 bits per heavy atom. The molecule has 1 aromatic heterocycles. The third-order valence-corrected chi connectivity index (χ3v) is 6.13. The molecular formula is C25H34ClN5O3. The fourth-order valence-electron chi connectivity index (χ4n) is 3.94. The molecule has 34 heavy (non-hydrogen) atoms. The van der Waals surface area contributed by atoms with Crippen molar-refractivity contribution < 1.29 is 14.3 Å². The van der Waals surface area contributed by atoms with Gasteiger partial charge in [-0.05, 0) is 30.5 Å². The summed E-state index contributed by atoms with van der Waals surface area (Å²) < 4.78 is 5.14. The van der Waals surface area contributed by atoms with E-state index in [1.165, 1.54) is 0 Å². The number of rotatable bonds is 9. The quantitative estimate of drug-likeness (QED) is 0.539. The zero-order chi connectivity index (χ0) is 24.5. The maximum atomic E-state index is 13.0. The Morgan fingerprint density at radius 3 is 2.56 bits per heavy atom. The number of carbonyl (C=O) groups is 2. The molecule has 0 bridgehead atoms. The van der Waals surface area contributed by atoms with E-state index in [9.17, 15) is 9.59 Å². The number of anilines is 1. The number of methoxy groups -OCH3 is 1. The molecule has 0 radical (unpaired) electrons. The van der Waals surface area contributed by atoms with Gasteiger partial charge in [0.05, 0.1) is 23.9 Å². The molecule has 2 heterocycles. The fourth-order valence-corrected chi connectivity index (χ4v) is 4.17. The fraction of sp³-hybridized carbons (Fsp3) is 0.520. The summed E-state index contributed by atoms with van der Waals surface area (Å²) in [5.41, 5.74) is 1.57. The maximum Gasteiger partial charge on any atom is 0.242 e. The summed E-state index contributed by atoms with van der Waals surface area (Å²) >= 11 is 6.28. The van der Waals surface area contributed by atoms with Crippen molar-refractivity contribution >= 4 is 29.2 Å². The van der Waals surface area contributed by atoms with E-state index in [0.29, 0.717) is 44.2 Å². The zero-order valence-electron chi connectivity index (χ0n) is 20.2. The van der Waals surface area contributed by atoms with E-state index in [-0.39, 0.29) is 24.3 Å². The summed E-state index contributed by atoms with van der Waals surface area (Å²) in [6.07, 6.45) is 1.24. The standard InChI is InChI=1S/C25H34ClN5O3/c1-19(2)17-24(32)31(15-16-34-3)18-25(33)30-12-6-11-29(13-14-30)23-10-9-22(27-28-23)20-7-4-5-8-21(20)26/h4-5,7-10,19H,6,11-18H2,1-3H3. The van der Waals surface area contributed by atoms with Crippen LogP contribution in [-0.2, 0) is 14.3 Å². The van der Waals surface area contributed by atoms with Gasteiger partial charge in [0.2, 0.25) is 11.8 Å². The van der Waals surface area contributed by atoms with Crippen molar-refractivity contribution in [1.29, 1.82) is 0 Å². The highest BCUT2D eigenvalue weighted by molar-refractivity contribution is 6.33. The van der Waals surface area contributed by atoms with Crippen molar-refractivity contribution in [3.63, 3.8) is 0 Å². The smallest absolute Gasteiger partial charge is 0.242 e. The van der Waals surface area contributed by atoms with Gasteiger partial charge in [-0.25, -0.2) is 0 Å². The lowest BCUT2D eigenvalue weighted by molar-refractivity contribution is -0.141. The van der Waals surface area contributed by atoms with E-state index >= 15 is 0 Å². The van der Waals surface area contributed by atoms with Crippen LogP contribution in [0.2, 0.25) is 5.02 Å². The van der Waals surface area contributed by atoms with Gasteiger partial charge in [0.15, 0.2) is 5.82 Å². The maximum absolute atomic E-state index is 13.0. The molecule has 1 saturated heterocycles. The number of amides is 2. The lowest BCUT2D eigenvalue weighted by Gasteiger charge is -2.27. The van der Waals surface area contributed by atoms with Gasteiger partial charge >= 0.3 is 0 Å². The first-order valence-corrected chi connectivity index (χ1v) is 12.1. The normalized spacial score (nSPS) is 14.3. The van der Waals surface area contributed by atoms with Crippen LogP contribution in [0.1, 0.15) is 26.7 Å². The minimum Gasteiger partial charge on any atom is -0.383 e. The first-order valence-electron chi connectivity index (χ1n) is 11.8. The minimum absolute atomic E-state index is 0.00858. The van der Waals surface area contributed by atoms with Crippen molar-refractivity contribution in [2.24, 2.45) is 5.92 Å². The molecule has 8 nitrogen and oxygen atoms in total. The third-order valence-electron chi connectivity index (χ3n) is 5.80. The first kappa shape index (κ1) is 25.9. The Kier molecular flexibility index (Phi) is 9.65. The average molecular weight is 488 g/mol. The SMILES string of the molecule is COCCN(CC(=O)N1CCCN(c2ccc(-c3ccccc3Cl)nn2)CC1)C(=O)CC(C)C. The van der Waals surface area contributed by atoms with E-state index in [0.717, 1.165) is 30.0 Å². The highest BCUT2D eigenvalue weighted by atomic mass is 35.5. The molecule has 0 unspecified atom stereocenters. The Hall–Kier alpha value is -2.71. The Balaban J connectivity index is 1.60. The Morgan fingerprint density at radius 2 is 1.88 bits per heavy atom. The van der Waals surface area contributed by atoms with Crippen LogP contribution in [0.3, 0.4) is 0 Å². The third kappa shape index (κ3) is 7.14. The molecule has 2 amide bonds. The lowest BCUT2D eigenvalue weighted by Crippen LogP contribution is -2.45. The number of hydrogen-bond donors (Lipinski definition) is 0. The van der Waals surface area contributed by atoms with Gasteiger partial charge < -0.3 is 19.4 Å². The number of carbonyl (C=O) groups excluding carboxylic acids is 2. The number of benzene rings is 1. The summed E-state index contributed by atoms with van der Waals surface area (Å²) in [4.78, 5) is 31.2. The number of ether oxygens (including phenoxy) is 1. The van der Waals surface area contributed by atoms with Gasteiger partial charge in [0.25, 0.3) is 0 Å². The number of aromatic nitrogens is 2. The Bertz CT molecular complexity index is 954.